The first kappa shape index (κ1) is 20.7. The fourth-order valence-electron chi connectivity index (χ4n) is 2.79. The Bertz CT molecular complexity index is 471. The summed E-state index contributed by atoms with van der Waals surface area (Å²) in [6, 6.07) is 7.89. The van der Waals surface area contributed by atoms with Gasteiger partial charge < -0.3 is 4.74 Å². The third-order valence-corrected chi connectivity index (χ3v) is 4.42. The topological polar surface area (TPSA) is 26.3 Å². The SMILES string of the molecule is CCCCCCCCCCCC(=O)Oc1cccc(C(C)(C)C)c1. The standard InChI is InChI=1S/C22H36O2/c1-5-6-7-8-9-10-11-12-13-17-21(23)24-20-16-14-15-19(18-20)22(2,3)4/h14-16,18H,5-13,17H2,1-4H3. The molecule has 0 unspecified atom stereocenters. The monoisotopic (exact) mass is 332 g/mol. The summed E-state index contributed by atoms with van der Waals surface area (Å²) in [5, 5.41) is 0. The Balaban J connectivity index is 2.16. The van der Waals surface area contributed by atoms with Gasteiger partial charge in [-0.15, -0.1) is 0 Å². The number of benzene rings is 1. The molecule has 0 aliphatic carbocycles. The van der Waals surface area contributed by atoms with Crippen LogP contribution in [-0.2, 0) is 10.2 Å². The van der Waals surface area contributed by atoms with E-state index in [-0.39, 0.29) is 11.4 Å². The van der Waals surface area contributed by atoms with Crippen LogP contribution in [0.3, 0.4) is 0 Å². The average Bonchev–Trinajstić information content (AvgIpc) is 2.53. The summed E-state index contributed by atoms with van der Waals surface area (Å²) in [5.41, 5.74) is 1.26. The normalized spacial score (nSPS) is 11.5. The predicted octanol–water partition coefficient (Wildman–Crippen LogP) is 6.81. The zero-order chi connectivity index (χ0) is 17.8. The van der Waals surface area contributed by atoms with Gasteiger partial charge in [0.15, 0.2) is 0 Å². The molecule has 0 heterocycles. The van der Waals surface area contributed by atoms with Crippen LogP contribution in [0.5, 0.6) is 5.75 Å². The molecule has 1 rings (SSSR count). The molecule has 2 heteroatoms. The highest BCUT2D eigenvalue weighted by Gasteiger charge is 2.14. The highest BCUT2D eigenvalue weighted by Crippen LogP contribution is 2.25. The van der Waals surface area contributed by atoms with Gasteiger partial charge in [-0.05, 0) is 29.5 Å². The first-order valence-corrected chi connectivity index (χ1v) is 9.74. The molecular formula is C22H36O2. The van der Waals surface area contributed by atoms with Crippen LogP contribution in [0.2, 0.25) is 0 Å². The van der Waals surface area contributed by atoms with Gasteiger partial charge in [-0.3, -0.25) is 4.79 Å². The fraction of sp³-hybridized carbons (Fsp3) is 0.682. The lowest BCUT2D eigenvalue weighted by atomic mass is 9.87. The van der Waals surface area contributed by atoms with Gasteiger partial charge in [0.25, 0.3) is 0 Å². The minimum atomic E-state index is -0.107. The van der Waals surface area contributed by atoms with Crippen LogP contribution in [0.25, 0.3) is 0 Å². The van der Waals surface area contributed by atoms with Gasteiger partial charge >= 0.3 is 5.97 Å². The Morgan fingerprint density at radius 1 is 0.917 bits per heavy atom. The van der Waals surface area contributed by atoms with Crippen LogP contribution in [-0.4, -0.2) is 5.97 Å². The van der Waals surface area contributed by atoms with Gasteiger partial charge in [0, 0.05) is 6.42 Å². The fourth-order valence-corrected chi connectivity index (χ4v) is 2.79. The van der Waals surface area contributed by atoms with Gasteiger partial charge in [0.05, 0.1) is 0 Å². The molecule has 0 fully saturated rings. The molecule has 0 saturated heterocycles. The largest absolute Gasteiger partial charge is 0.427 e. The lowest BCUT2D eigenvalue weighted by molar-refractivity contribution is -0.134. The van der Waals surface area contributed by atoms with E-state index in [4.69, 9.17) is 4.74 Å². The molecule has 0 saturated carbocycles. The second-order valence-electron chi connectivity index (χ2n) is 7.83. The minimum Gasteiger partial charge on any atom is -0.427 e. The second kappa shape index (κ2) is 11.3. The first-order chi connectivity index (χ1) is 11.4. The van der Waals surface area contributed by atoms with Crippen LogP contribution in [0.4, 0.5) is 0 Å². The molecule has 0 aromatic heterocycles. The smallest absolute Gasteiger partial charge is 0.311 e. The van der Waals surface area contributed by atoms with E-state index in [0.717, 1.165) is 12.8 Å². The summed E-state index contributed by atoms with van der Waals surface area (Å²) in [7, 11) is 0. The van der Waals surface area contributed by atoms with E-state index in [0.29, 0.717) is 12.2 Å². The summed E-state index contributed by atoms with van der Waals surface area (Å²) < 4.78 is 5.48. The predicted molar refractivity (Wildman–Crippen MR) is 103 cm³/mol. The lowest BCUT2D eigenvalue weighted by Crippen LogP contribution is -2.12. The zero-order valence-corrected chi connectivity index (χ0v) is 16.2. The van der Waals surface area contributed by atoms with E-state index in [2.05, 4.69) is 33.8 Å². The van der Waals surface area contributed by atoms with E-state index in [1.165, 1.54) is 50.5 Å². The Labute approximate surface area is 149 Å². The molecule has 0 bridgehead atoms. The van der Waals surface area contributed by atoms with E-state index < -0.39 is 0 Å². The van der Waals surface area contributed by atoms with Crippen molar-refractivity contribution in [3.05, 3.63) is 29.8 Å². The van der Waals surface area contributed by atoms with Crippen molar-refractivity contribution in [1.29, 1.82) is 0 Å². The number of carbonyl (C=O) groups excluding carboxylic acids is 1. The molecule has 0 spiro atoms. The molecule has 0 radical (unpaired) electrons. The number of carbonyl (C=O) groups is 1. The molecule has 0 atom stereocenters. The molecule has 24 heavy (non-hydrogen) atoms. The van der Waals surface area contributed by atoms with Crippen molar-refractivity contribution < 1.29 is 9.53 Å². The first-order valence-electron chi connectivity index (χ1n) is 9.74. The van der Waals surface area contributed by atoms with Crippen molar-refractivity contribution in [2.75, 3.05) is 0 Å². The average molecular weight is 333 g/mol. The number of hydrogen-bond donors (Lipinski definition) is 0. The quantitative estimate of drug-likeness (QED) is 0.253. The van der Waals surface area contributed by atoms with Crippen LogP contribution < -0.4 is 4.74 Å². The highest BCUT2D eigenvalue weighted by atomic mass is 16.5. The molecule has 0 aliphatic rings. The van der Waals surface area contributed by atoms with E-state index in [1.54, 1.807) is 0 Å². The van der Waals surface area contributed by atoms with E-state index in [9.17, 15) is 4.79 Å². The number of unbranched alkanes of at least 4 members (excludes halogenated alkanes) is 8. The summed E-state index contributed by atoms with van der Waals surface area (Å²) >= 11 is 0. The molecule has 2 nitrogen and oxygen atoms in total. The summed E-state index contributed by atoms with van der Waals surface area (Å²) in [6.07, 6.45) is 11.9. The van der Waals surface area contributed by atoms with Crippen LogP contribution >= 0.6 is 0 Å². The summed E-state index contributed by atoms with van der Waals surface area (Å²) in [5.74, 6) is 0.562. The Morgan fingerprint density at radius 2 is 1.50 bits per heavy atom. The third-order valence-electron chi connectivity index (χ3n) is 4.42. The molecule has 136 valence electrons. The maximum atomic E-state index is 12.0. The molecular weight excluding hydrogens is 296 g/mol. The van der Waals surface area contributed by atoms with E-state index in [1.807, 2.05) is 18.2 Å². The Kier molecular flexibility index (Phi) is 9.75. The van der Waals surface area contributed by atoms with Gasteiger partial charge in [-0.1, -0.05) is 91.2 Å². The molecule has 0 amide bonds. The van der Waals surface area contributed by atoms with Crippen molar-refractivity contribution in [3.63, 3.8) is 0 Å². The minimum absolute atomic E-state index is 0.0690. The number of hydrogen-bond acceptors (Lipinski definition) is 2. The molecule has 0 aliphatic heterocycles. The van der Waals surface area contributed by atoms with Gasteiger partial charge in [-0.25, -0.2) is 0 Å². The van der Waals surface area contributed by atoms with Crippen LogP contribution in [0.1, 0.15) is 97.5 Å². The van der Waals surface area contributed by atoms with E-state index >= 15 is 0 Å². The second-order valence-corrected chi connectivity index (χ2v) is 7.83. The molecule has 1 aromatic carbocycles. The van der Waals surface area contributed by atoms with Crippen molar-refractivity contribution in [2.24, 2.45) is 0 Å². The maximum absolute atomic E-state index is 12.0. The Morgan fingerprint density at radius 3 is 2.08 bits per heavy atom. The zero-order valence-electron chi connectivity index (χ0n) is 16.2. The number of rotatable bonds is 11. The molecule has 0 N–H and O–H groups in total. The van der Waals surface area contributed by atoms with Gasteiger partial charge in [-0.2, -0.15) is 0 Å². The Hall–Kier alpha value is -1.31. The third kappa shape index (κ3) is 9.10. The van der Waals surface area contributed by atoms with Crippen molar-refractivity contribution in [2.45, 2.75) is 97.3 Å². The highest BCUT2D eigenvalue weighted by molar-refractivity contribution is 5.72. The summed E-state index contributed by atoms with van der Waals surface area (Å²) in [4.78, 5) is 12.0. The van der Waals surface area contributed by atoms with Gasteiger partial charge in [0.1, 0.15) is 5.75 Å². The van der Waals surface area contributed by atoms with Crippen LogP contribution in [0.15, 0.2) is 24.3 Å². The lowest BCUT2D eigenvalue weighted by Gasteiger charge is -2.19. The van der Waals surface area contributed by atoms with Crippen LogP contribution in [0, 0.1) is 0 Å². The number of ether oxygens (including phenoxy) is 1. The molecule has 1 aromatic rings. The summed E-state index contributed by atoms with van der Waals surface area (Å²) in [6.45, 7) is 8.74. The van der Waals surface area contributed by atoms with Crippen molar-refractivity contribution >= 4 is 5.97 Å². The van der Waals surface area contributed by atoms with Crippen molar-refractivity contribution in [3.8, 4) is 5.75 Å². The van der Waals surface area contributed by atoms with Crippen molar-refractivity contribution in [1.82, 2.24) is 0 Å². The number of esters is 1. The maximum Gasteiger partial charge on any atom is 0.311 e. The van der Waals surface area contributed by atoms with Gasteiger partial charge in [0.2, 0.25) is 0 Å².